The molecule has 0 saturated carbocycles. The summed E-state index contributed by atoms with van der Waals surface area (Å²) in [6.07, 6.45) is 0. The van der Waals surface area contributed by atoms with Crippen LogP contribution in [0.1, 0.15) is 5.56 Å². The zero-order valence-electron chi connectivity index (χ0n) is 6.63. The van der Waals surface area contributed by atoms with E-state index in [4.69, 9.17) is 10.5 Å². The van der Waals surface area contributed by atoms with Crippen molar-refractivity contribution in [2.75, 3.05) is 12.8 Å². The van der Waals surface area contributed by atoms with E-state index in [-0.39, 0.29) is 12.4 Å². The highest BCUT2D eigenvalue weighted by Crippen LogP contribution is 2.16. The molecule has 1 rings (SSSR count). The van der Waals surface area contributed by atoms with Crippen molar-refractivity contribution in [3.63, 3.8) is 0 Å². The summed E-state index contributed by atoms with van der Waals surface area (Å²) in [5, 5.41) is 0. The predicted molar refractivity (Wildman–Crippen MR) is 49.4 cm³/mol. The lowest BCUT2D eigenvalue weighted by Crippen LogP contribution is -1.88. The average molecular weight is 174 g/mol. The van der Waals surface area contributed by atoms with Crippen LogP contribution >= 0.6 is 12.4 Å². The Labute approximate surface area is 72.8 Å². The summed E-state index contributed by atoms with van der Waals surface area (Å²) in [6.45, 7) is 1.98. The van der Waals surface area contributed by atoms with Crippen molar-refractivity contribution in [3.8, 4) is 5.75 Å². The normalized spacial score (nSPS) is 8.55. The molecule has 0 spiro atoms. The van der Waals surface area contributed by atoms with Crippen molar-refractivity contribution < 1.29 is 4.74 Å². The third-order valence-corrected chi connectivity index (χ3v) is 1.31. The monoisotopic (exact) mass is 173 g/mol. The molecule has 0 aliphatic rings. The Morgan fingerprint density at radius 1 is 1.27 bits per heavy atom. The van der Waals surface area contributed by atoms with Crippen LogP contribution in [0.5, 0.6) is 5.75 Å². The van der Waals surface area contributed by atoms with E-state index in [1.54, 1.807) is 13.2 Å². The van der Waals surface area contributed by atoms with Crippen molar-refractivity contribution in [3.05, 3.63) is 23.8 Å². The van der Waals surface area contributed by atoms with E-state index in [9.17, 15) is 0 Å². The summed E-state index contributed by atoms with van der Waals surface area (Å²) < 4.78 is 5.00. The van der Waals surface area contributed by atoms with Crippen LogP contribution in [0.4, 0.5) is 5.69 Å². The molecule has 0 aliphatic heterocycles. The largest absolute Gasteiger partial charge is 0.497 e. The molecule has 0 bridgehead atoms. The van der Waals surface area contributed by atoms with Crippen LogP contribution < -0.4 is 10.5 Å². The van der Waals surface area contributed by atoms with E-state index >= 15 is 0 Å². The number of hydrogen-bond acceptors (Lipinski definition) is 2. The van der Waals surface area contributed by atoms with Crippen molar-refractivity contribution in [2.24, 2.45) is 0 Å². The van der Waals surface area contributed by atoms with Crippen LogP contribution in [-0.2, 0) is 0 Å². The maximum Gasteiger partial charge on any atom is 0.121 e. The summed E-state index contributed by atoms with van der Waals surface area (Å²) >= 11 is 0. The lowest BCUT2D eigenvalue weighted by atomic mass is 10.2. The van der Waals surface area contributed by atoms with Crippen molar-refractivity contribution in [1.29, 1.82) is 0 Å². The molecule has 1 aromatic carbocycles. The highest BCUT2D eigenvalue weighted by molar-refractivity contribution is 5.85. The van der Waals surface area contributed by atoms with Gasteiger partial charge in [0.1, 0.15) is 5.75 Å². The van der Waals surface area contributed by atoms with E-state index in [1.165, 1.54) is 0 Å². The minimum Gasteiger partial charge on any atom is -0.497 e. The van der Waals surface area contributed by atoms with Gasteiger partial charge in [-0.25, -0.2) is 0 Å². The maximum atomic E-state index is 5.56. The van der Waals surface area contributed by atoms with Gasteiger partial charge in [0, 0.05) is 11.8 Å². The van der Waals surface area contributed by atoms with E-state index in [0.717, 1.165) is 17.0 Å². The molecule has 0 unspecified atom stereocenters. The molecule has 1 aromatic rings. The lowest BCUT2D eigenvalue weighted by molar-refractivity contribution is 0.414. The number of ether oxygens (including phenoxy) is 1. The summed E-state index contributed by atoms with van der Waals surface area (Å²) in [4.78, 5) is 0. The number of hydrogen-bond donors (Lipinski definition) is 1. The Bertz CT molecular complexity index is 217. The van der Waals surface area contributed by atoms with E-state index < -0.39 is 0 Å². The molecule has 3 heteroatoms. The van der Waals surface area contributed by atoms with Gasteiger partial charge in [-0.15, -0.1) is 12.4 Å². The fourth-order valence-electron chi connectivity index (χ4n) is 0.894. The summed E-state index contributed by atoms with van der Waals surface area (Å²) in [5.74, 6) is 0.817. The molecule has 11 heavy (non-hydrogen) atoms. The average Bonchev–Trinajstić information content (AvgIpc) is 1.85. The minimum absolute atomic E-state index is 0. The molecule has 0 fully saturated rings. The van der Waals surface area contributed by atoms with Gasteiger partial charge < -0.3 is 10.5 Å². The summed E-state index contributed by atoms with van der Waals surface area (Å²) in [7, 11) is 1.63. The number of rotatable bonds is 1. The number of aryl methyl sites for hydroxylation is 1. The van der Waals surface area contributed by atoms with Gasteiger partial charge in [-0.3, -0.25) is 0 Å². The van der Waals surface area contributed by atoms with Crippen LogP contribution in [0.3, 0.4) is 0 Å². The number of methoxy groups -OCH3 is 1. The van der Waals surface area contributed by atoms with Gasteiger partial charge >= 0.3 is 0 Å². The second kappa shape index (κ2) is 4.09. The molecule has 0 atom stereocenters. The van der Waals surface area contributed by atoms with Crippen molar-refractivity contribution in [2.45, 2.75) is 6.92 Å². The van der Waals surface area contributed by atoms with Gasteiger partial charge in [-0.2, -0.15) is 0 Å². The first-order chi connectivity index (χ1) is 4.72. The number of anilines is 1. The van der Waals surface area contributed by atoms with E-state index in [1.807, 2.05) is 19.1 Å². The molecule has 2 nitrogen and oxygen atoms in total. The standard InChI is InChI=1S/C8H11NO.ClH/c1-6-3-7(9)5-8(4-6)10-2;/h3-5H,9H2,1-2H3;1H. The molecular weight excluding hydrogens is 162 g/mol. The Morgan fingerprint density at radius 2 is 1.91 bits per heavy atom. The predicted octanol–water partition coefficient (Wildman–Crippen LogP) is 2.01. The zero-order valence-corrected chi connectivity index (χ0v) is 7.44. The first kappa shape index (κ1) is 10.1. The summed E-state index contributed by atoms with van der Waals surface area (Å²) in [6, 6.07) is 5.64. The fourth-order valence-corrected chi connectivity index (χ4v) is 0.894. The van der Waals surface area contributed by atoms with Gasteiger partial charge in [0.2, 0.25) is 0 Å². The second-order valence-corrected chi connectivity index (χ2v) is 2.28. The lowest BCUT2D eigenvalue weighted by Gasteiger charge is -2.01. The first-order valence-corrected chi connectivity index (χ1v) is 3.13. The smallest absolute Gasteiger partial charge is 0.121 e. The van der Waals surface area contributed by atoms with Crippen LogP contribution in [0, 0.1) is 6.92 Å². The molecule has 0 radical (unpaired) electrons. The molecule has 0 heterocycles. The van der Waals surface area contributed by atoms with E-state index in [2.05, 4.69) is 0 Å². The summed E-state index contributed by atoms with van der Waals surface area (Å²) in [5.41, 5.74) is 7.42. The number of nitrogens with two attached hydrogens (primary N) is 1. The van der Waals surface area contributed by atoms with Gasteiger partial charge in [0.15, 0.2) is 0 Å². The molecule has 2 N–H and O–H groups in total. The van der Waals surface area contributed by atoms with Crippen LogP contribution in [-0.4, -0.2) is 7.11 Å². The molecular formula is C8H12ClNO. The molecule has 0 saturated heterocycles. The number of benzene rings is 1. The molecule has 62 valence electrons. The number of halogens is 1. The Balaban J connectivity index is 0.000001000. The maximum absolute atomic E-state index is 5.56. The van der Waals surface area contributed by atoms with Gasteiger partial charge in [0.25, 0.3) is 0 Å². The number of nitrogen functional groups attached to an aromatic ring is 1. The third kappa shape index (κ3) is 2.68. The van der Waals surface area contributed by atoms with E-state index in [0.29, 0.717) is 0 Å². The molecule has 0 aliphatic carbocycles. The van der Waals surface area contributed by atoms with Crippen molar-refractivity contribution in [1.82, 2.24) is 0 Å². The van der Waals surface area contributed by atoms with Crippen LogP contribution in [0.25, 0.3) is 0 Å². The van der Waals surface area contributed by atoms with Crippen LogP contribution in [0.15, 0.2) is 18.2 Å². The highest BCUT2D eigenvalue weighted by Gasteiger charge is 1.92. The second-order valence-electron chi connectivity index (χ2n) is 2.28. The van der Waals surface area contributed by atoms with Gasteiger partial charge in [0.05, 0.1) is 7.11 Å². The van der Waals surface area contributed by atoms with Crippen molar-refractivity contribution >= 4 is 18.1 Å². The fraction of sp³-hybridized carbons (Fsp3) is 0.250. The SMILES string of the molecule is COc1cc(C)cc(N)c1.Cl. The Morgan fingerprint density at radius 3 is 2.36 bits per heavy atom. The zero-order chi connectivity index (χ0) is 7.56. The Kier molecular flexibility index (Phi) is 3.76. The first-order valence-electron chi connectivity index (χ1n) is 3.13. The van der Waals surface area contributed by atoms with Gasteiger partial charge in [-0.1, -0.05) is 0 Å². The molecule has 0 aromatic heterocycles. The Hall–Kier alpha value is -0.890. The topological polar surface area (TPSA) is 35.2 Å². The van der Waals surface area contributed by atoms with Crippen LogP contribution in [0.2, 0.25) is 0 Å². The molecule has 0 amide bonds. The quantitative estimate of drug-likeness (QED) is 0.660. The van der Waals surface area contributed by atoms with Gasteiger partial charge in [-0.05, 0) is 24.6 Å². The third-order valence-electron chi connectivity index (χ3n) is 1.31. The highest BCUT2D eigenvalue weighted by atomic mass is 35.5. The minimum atomic E-state index is 0.